The van der Waals surface area contributed by atoms with Gasteiger partial charge in [-0.05, 0) is 0 Å². The molecule has 0 unspecified atom stereocenters. The van der Waals surface area contributed by atoms with Gasteiger partial charge in [0.2, 0.25) is 0 Å². The maximum atomic E-state index is 12.4. The molecule has 1 rings (SSSR count). The number of carbonyl (C=O) groups is 2. The Hall–Kier alpha value is -0.521. The van der Waals surface area contributed by atoms with E-state index in [1.165, 1.54) is 6.08 Å². The van der Waals surface area contributed by atoms with Crippen LogP contribution in [0.15, 0.2) is 11.6 Å². The fourth-order valence-corrected chi connectivity index (χ4v) is 12.3. The third-order valence-corrected chi connectivity index (χ3v) is 13.6. The Bertz CT molecular complexity index is 395. The van der Waals surface area contributed by atoms with Crippen LogP contribution >= 0.6 is 0 Å². The van der Waals surface area contributed by atoms with Crippen molar-refractivity contribution in [3.8, 4) is 0 Å². The van der Waals surface area contributed by atoms with Crippen molar-refractivity contribution in [1.29, 1.82) is 0 Å². The van der Waals surface area contributed by atoms with Crippen LogP contribution in [0.25, 0.3) is 0 Å². The van der Waals surface area contributed by atoms with Gasteiger partial charge in [0, 0.05) is 0 Å². The predicted molar refractivity (Wildman–Crippen MR) is 89.6 cm³/mol. The molecule has 0 spiro atoms. The van der Waals surface area contributed by atoms with Crippen LogP contribution in [0.4, 0.5) is 0 Å². The fourth-order valence-electron chi connectivity index (χ4n) is 2.63. The summed E-state index contributed by atoms with van der Waals surface area (Å²) in [5.74, 6) is -0.634. The Balaban J connectivity index is 2.83. The molecular weight excluding hydrogens is 387 g/mol. The molecule has 1 aliphatic rings. The van der Waals surface area contributed by atoms with Gasteiger partial charge in [0.15, 0.2) is 0 Å². The van der Waals surface area contributed by atoms with Crippen LogP contribution in [0.3, 0.4) is 0 Å². The second-order valence-electron chi connectivity index (χ2n) is 6.06. The van der Waals surface area contributed by atoms with Crippen LogP contribution in [0.5, 0.6) is 0 Å². The van der Waals surface area contributed by atoms with Crippen LogP contribution < -0.4 is 0 Å². The van der Waals surface area contributed by atoms with Crippen molar-refractivity contribution in [1.82, 2.24) is 0 Å². The van der Waals surface area contributed by atoms with Crippen molar-refractivity contribution < 1.29 is 15.7 Å². The molecule has 0 aromatic heterocycles. The first kappa shape index (κ1) is 19.5. The van der Waals surface area contributed by atoms with Gasteiger partial charge in [-0.3, -0.25) is 0 Å². The Morgan fingerprint density at radius 3 is 2.00 bits per heavy atom. The summed E-state index contributed by atoms with van der Waals surface area (Å²) in [6.45, 7) is 6.33. The van der Waals surface area contributed by atoms with E-state index in [2.05, 4.69) is 20.8 Å². The van der Waals surface area contributed by atoms with Gasteiger partial charge in [-0.2, -0.15) is 0 Å². The van der Waals surface area contributed by atoms with E-state index in [9.17, 15) is 9.59 Å². The number of rotatable bonds is 10. The van der Waals surface area contributed by atoms with E-state index in [0.717, 1.165) is 53.8 Å². The van der Waals surface area contributed by atoms with Crippen molar-refractivity contribution in [2.24, 2.45) is 0 Å². The summed E-state index contributed by atoms with van der Waals surface area (Å²) in [5, 5.41) is 0. The van der Waals surface area contributed by atoms with Crippen molar-refractivity contribution >= 4 is 31.1 Å². The number of carbonyl (C=O) groups excluding carboxylic acids is 2. The molecule has 5 heteroatoms. The maximum absolute atomic E-state index is 12.4. The van der Waals surface area contributed by atoms with Gasteiger partial charge in [-0.15, -0.1) is 0 Å². The standard InChI is InChI=1S/C9H14O4.2C4H9.Sn/c1-2-3-4-5-7(9(12)13)6-8(10)11;2*1-3-4-2;/h6H,2-5H2,1H3,(H,10,11)(H,12,13);2*1,3-4H2,2H3;/q;;;+2/p-2. The van der Waals surface area contributed by atoms with Gasteiger partial charge in [-0.1, -0.05) is 0 Å². The molecule has 0 saturated heterocycles. The summed E-state index contributed by atoms with van der Waals surface area (Å²) in [6, 6.07) is 0. The average Bonchev–Trinajstić information content (AvgIpc) is 2.61. The Morgan fingerprint density at radius 1 is 0.864 bits per heavy atom. The molecule has 0 aromatic carbocycles. The van der Waals surface area contributed by atoms with Gasteiger partial charge < -0.3 is 0 Å². The predicted octanol–water partition coefficient (Wildman–Crippen LogP) is 4.64. The molecule has 0 atom stereocenters. The second kappa shape index (κ2) is 10.3. The monoisotopic (exact) mass is 418 g/mol. The van der Waals surface area contributed by atoms with Crippen molar-refractivity contribution in [3.63, 3.8) is 0 Å². The number of hydrogen-bond donors (Lipinski definition) is 0. The van der Waals surface area contributed by atoms with E-state index < -0.39 is 19.2 Å². The summed E-state index contributed by atoms with van der Waals surface area (Å²) in [7, 11) is 0. The molecule has 1 aliphatic heterocycles. The van der Waals surface area contributed by atoms with Crippen molar-refractivity contribution in [2.75, 3.05) is 0 Å². The zero-order valence-electron chi connectivity index (χ0n) is 14.3. The van der Waals surface area contributed by atoms with E-state index >= 15 is 0 Å². The van der Waals surface area contributed by atoms with E-state index in [1.807, 2.05) is 0 Å². The van der Waals surface area contributed by atoms with Gasteiger partial charge >= 0.3 is 140 Å². The van der Waals surface area contributed by atoms with Crippen LogP contribution in [-0.4, -0.2) is 31.1 Å². The van der Waals surface area contributed by atoms with Crippen molar-refractivity contribution in [3.05, 3.63) is 11.6 Å². The van der Waals surface area contributed by atoms with Gasteiger partial charge in [-0.25, -0.2) is 0 Å². The molecule has 0 aliphatic carbocycles. The van der Waals surface area contributed by atoms with E-state index in [-0.39, 0.29) is 11.9 Å². The third-order valence-electron chi connectivity index (χ3n) is 3.99. The summed E-state index contributed by atoms with van der Waals surface area (Å²) >= 11 is -3.60. The molecule has 0 bridgehead atoms. The number of unbranched alkanes of at least 4 members (excludes halogenated alkanes) is 4. The van der Waals surface area contributed by atoms with Crippen LogP contribution in [0.1, 0.15) is 72.1 Å². The zero-order valence-corrected chi connectivity index (χ0v) is 17.1. The topological polar surface area (TPSA) is 52.6 Å². The van der Waals surface area contributed by atoms with E-state index in [0.29, 0.717) is 12.0 Å². The van der Waals surface area contributed by atoms with Crippen LogP contribution in [-0.2, 0) is 15.7 Å². The van der Waals surface area contributed by atoms with Crippen LogP contribution in [0.2, 0.25) is 8.87 Å². The molecule has 22 heavy (non-hydrogen) atoms. The van der Waals surface area contributed by atoms with Crippen LogP contribution in [0, 0.1) is 0 Å². The van der Waals surface area contributed by atoms with E-state index in [4.69, 9.17) is 6.15 Å². The Kier molecular flexibility index (Phi) is 9.13. The Morgan fingerprint density at radius 2 is 1.45 bits per heavy atom. The molecule has 0 amide bonds. The SMILES string of the molecule is CCCCCC1=CC(=O)[O][Sn]([CH2]CCC)([CH2]CCC)[O]C1=O. The Labute approximate surface area is 139 Å². The zero-order chi connectivity index (χ0) is 16.4. The van der Waals surface area contributed by atoms with E-state index in [1.54, 1.807) is 0 Å². The molecule has 0 radical (unpaired) electrons. The third kappa shape index (κ3) is 6.31. The van der Waals surface area contributed by atoms with Gasteiger partial charge in [0.1, 0.15) is 0 Å². The first-order valence-corrected chi connectivity index (χ1v) is 15.1. The molecule has 126 valence electrons. The summed E-state index contributed by atoms with van der Waals surface area (Å²) < 4.78 is 13.2. The molecule has 0 fully saturated rings. The first-order chi connectivity index (χ1) is 10.6. The molecule has 0 aromatic rings. The van der Waals surface area contributed by atoms with Gasteiger partial charge in [0.05, 0.1) is 0 Å². The minimum atomic E-state index is -3.60. The number of hydrogen-bond acceptors (Lipinski definition) is 4. The van der Waals surface area contributed by atoms with Crippen molar-refractivity contribution in [2.45, 2.75) is 81.0 Å². The summed E-state index contributed by atoms with van der Waals surface area (Å²) in [4.78, 5) is 24.6. The first-order valence-electron chi connectivity index (χ1n) is 8.73. The molecule has 4 nitrogen and oxygen atoms in total. The summed E-state index contributed by atoms with van der Waals surface area (Å²) in [6.07, 6.45) is 9.03. The second-order valence-corrected chi connectivity index (χ2v) is 15.3. The molecule has 1 heterocycles. The average molecular weight is 417 g/mol. The molecule has 0 saturated carbocycles. The normalized spacial score (nSPS) is 17.5. The fraction of sp³-hybridized carbons (Fsp3) is 0.765. The summed E-state index contributed by atoms with van der Waals surface area (Å²) in [5.41, 5.74) is 0.505. The molecule has 0 N–H and O–H groups in total. The minimum absolute atomic E-state index is 0.287. The quantitative estimate of drug-likeness (QED) is 0.384. The van der Waals surface area contributed by atoms with Gasteiger partial charge in [0.25, 0.3) is 0 Å². The molecular formula is C17H30O4Sn.